The van der Waals surface area contributed by atoms with Gasteiger partial charge in [0, 0.05) is 6.54 Å². The molecule has 0 radical (unpaired) electrons. The van der Waals surface area contributed by atoms with Crippen LogP contribution in [0.4, 0.5) is 0 Å². The molecule has 0 aliphatic heterocycles. The third kappa shape index (κ3) is 3.21. The summed E-state index contributed by atoms with van der Waals surface area (Å²) < 4.78 is 6.75. The normalized spacial score (nSPS) is 11.5. The molecule has 0 amide bonds. The smallest absolute Gasteiger partial charge is 0.219 e. The first-order chi connectivity index (χ1) is 9.22. The summed E-state index contributed by atoms with van der Waals surface area (Å²) in [6.45, 7) is 0.665. The molecule has 0 saturated carbocycles. The van der Waals surface area contributed by atoms with E-state index in [1.165, 1.54) is 5.56 Å². The zero-order chi connectivity index (χ0) is 13.7. The van der Waals surface area contributed by atoms with Gasteiger partial charge in [-0.3, -0.25) is 4.68 Å². The number of aromatic nitrogens is 3. The van der Waals surface area contributed by atoms with Crippen LogP contribution in [0, 0.1) is 0 Å². The number of hydrogen-bond donors (Lipinski definition) is 2. The molecule has 1 heterocycles. The van der Waals surface area contributed by atoms with Crippen molar-refractivity contribution in [2.45, 2.75) is 13.0 Å². The molecule has 0 bridgehead atoms. The van der Waals surface area contributed by atoms with Crippen molar-refractivity contribution in [1.29, 1.82) is 0 Å². The van der Waals surface area contributed by atoms with E-state index in [1.54, 1.807) is 18.1 Å². The lowest BCUT2D eigenvalue weighted by atomic mass is 10.1. The van der Waals surface area contributed by atoms with Gasteiger partial charge >= 0.3 is 0 Å². The molecule has 2 aromatic rings. The van der Waals surface area contributed by atoms with E-state index < -0.39 is 0 Å². The number of aryl methyl sites for hydroxylation is 2. The van der Waals surface area contributed by atoms with E-state index >= 15 is 0 Å². The molecule has 100 valence electrons. The van der Waals surface area contributed by atoms with Gasteiger partial charge in [0.25, 0.3) is 0 Å². The van der Waals surface area contributed by atoms with E-state index in [0.717, 1.165) is 12.2 Å². The zero-order valence-electron chi connectivity index (χ0n) is 10.5. The van der Waals surface area contributed by atoms with E-state index in [4.69, 9.17) is 15.7 Å². The second-order valence-corrected chi connectivity index (χ2v) is 3.91. The van der Waals surface area contributed by atoms with Crippen LogP contribution in [0.2, 0.25) is 0 Å². The summed E-state index contributed by atoms with van der Waals surface area (Å²) in [7, 11) is 1.64. The van der Waals surface area contributed by atoms with E-state index in [0.29, 0.717) is 6.54 Å². The average molecular weight is 261 g/mol. The highest BCUT2D eigenvalue weighted by Crippen LogP contribution is 2.11. The van der Waals surface area contributed by atoms with Gasteiger partial charge in [-0.1, -0.05) is 17.3 Å². The molecule has 0 aliphatic rings. The van der Waals surface area contributed by atoms with Crippen LogP contribution in [-0.2, 0) is 13.0 Å². The minimum Gasteiger partial charge on any atom is -0.497 e. The molecular weight excluding hydrogens is 246 g/mol. The molecule has 0 unspecified atom stereocenters. The van der Waals surface area contributed by atoms with Gasteiger partial charge in [-0.2, -0.15) is 0 Å². The van der Waals surface area contributed by atoms with Crippen molar-refractivity contribution >= 4 is 5.84 Å². The Morgan fingerprint density at radius 2 is 2.16 bits per heavy atom. The molecule has 0 saturated heterocycles. The Bertz CT molecular complexity index is 562. The summed E-state index contributed by atoms with van der Waals surface area (Å²) in [5.41, 5.74) is 6.56. The molecule has 0 aliphatic carbocycles. The summed E-state index contributed by atoms with van der Waals surface area (Å²) in [6, 6.07) is 7.83. The van der Waals surface area contributed by atoms with Crippen molar-refractivity contribution < 1.29 is 9.94 Å². The van der Waals surface area contributed by atoms with Crippen LogP contribution in [0.1, 0.15) is 11.4 Å². The maximum atomic E-state index is 8.52. The minimum atomic E-state index is -0.0943. The quantitative estimate of drug-likeness (QED) is 0.356. The number of rotatable bonds is 5. The van der Waals surface area contributed by atoms with Gasteiger partial charge in [0.1, 0.15) is 12.1 Å². The molecule has 0 spiro atoms. The summed E-state index contributed by atoms with van der Waals surface area (Å²) in [4.78, 5) is 3.94. The minimum absolute atomic E-state index is 0.0943. The van der Waals surface area contributed by atoms with Crippen LogP contribution in [0.5, 0.6) is 5.75 Å². The average Bonchev–Trinajstić information content (AvgIpc) is 2.93. The van der Waals surface area contributed by atoms with E-state index in [1.807, 2.05) is 24.3 Å². The van der Waals surface area contributed by atoms with Crippen LogP contribution >= 0.6 is 0 Å². The third-order valence-corrected chi connectivity index (χ3v) is 2.66. The number of oxime groups is 1. The van der Waals surface area contributed by atoms with Crippen molar-refractivity contribution in [1.82, 2.24) is 14.8 Å². The lowest BCUT2D eigenvalue weighted by Crippen LogP contribution is -2.15. The van der Waals surface area contributed by atoms with Gasteiger partial charge in [-0.05, 0) is 24.1 Å². The lowest BCUT2D eigenvalue weighted by Gasteiger charge is -2.03. The van der Waals surface area contributed by atoms with Crippen LogP contribution in [0.3, 0.4) is 0 Å². The fourth-order valence-corrected chi connectivity index (χ4v) is 1.60. The molecular formula is C12H15N5O2. The monoisotopic (exact) mass is 261 g/mol. The van der Waals surface area contributed by atoms with Gasteiger partial charge in [-0.15, -0.1) is 5.10 Å². The second kappa shape index (κ2) is 5.85. The van der Waals surface area contributed by atoms with Crippen molar-refractivity contribution in [3.63, 3.8) is 0 Å². The Morgan fingerprint density at radius 3 is 2.79 bits per heavy atom. The molecule has 1 aromatic heterocycles. The fraction of sp³-hybridized carbons (Fsp3) is 0.250. The van der Waals surface area contributed by atoms with E-state index in [2.05, 4.69) is 15.2 Å². The largest absolute Gasteiger partial charge is 0.497 e. The molecule has 7 nitrogen and oxygen atoms in total. The molecule has 19 heavy (non-hydrogen) atoms. The molecule has 2 rings (SSSR count). The number of nitrogens with two attached hydrogens (primary N) is 1. The first-order valence-corrected chi connectivity index (χ1v) is 5.73. The van der Waals surface area contributed by atoms with Crippen LogP contribution in [0.15, 0.2) is 35.7 Å². The maximum absolute atomic E-state index is 8.52. The number of hydrogen-bond acceptors (Lipinski definition) is 5. The summed E-state index contributed by atoms with van der Waals surface area (Å²) in [5, 5.41) is 15.5. The number of ether oxygens (including phenoxy) is 1. The van der Waals surface area contributed by atoms with E-state index in [9.17, 15) is 0 Å². The Hall–Kier alpha value is -2.57. The Morgan fingerprint density at radius 1 is 1.42 bits per heavy atom. The third-order valence-electron chi connectivity index (χ3n) is 2.66. The topological polar surface area (TPSA) is 98.6 Å². The summed E-state index contributed by atoms with van der Waals surface area (Å²) >= 11 is 0. The molecule has 7 heteroatoms. The molecule has 0 fully saturated rings. The lowest BCUT2D eigenvalue weighted by molar-refractivity contribution is 0.318. The maximum Gasteiger partial charge on any atom is 0.219 e. The SMILES string of the molecule is COc1ccc(CCn2cnc(C(N)=NO)n2)cc1. The van der Waals surface area contributed by atoms with Gasteiger partial charge < -0.3 is 15.7 Å². The first-order valence-electron chi connectivity index (χ1n) is 5.73. The van der Waals surface area contributed by atoms with Crippen molar-refractivity contribution in [2.75, 3.05) is 7.11 Å². The molecule has 1 aromatic carbocycles. The zero-order valence-corrected chi connectivity index (χ0v) is 10.5. The Labute approximate surface area is 110 Å². The van der Waals surface area contributed by atoms with Gasteiger partial charge in [0.15, 0.2) is 0 Å². The molecule has 3 N–H and O–H groups in total. The fourth-order valence-electron chi connectivity index (χ4n) is 1.60. The molecule has 0 atom stereocenters. The van der Waals surface area contributed by atoms with Gasteiger partial charge in [-0.25, -0.2) is 4.98 Å². The van der Waals surface area contributed by atoms with Crippen LogP contribution < -0.4 is 10.5 Å². The highest BCUT2D eigenvalue weighted by molar-refractivity contribution is 5.93. The number of methoxy groups -OCH3 is 1. The van der Waals surface area contributed by atoms with Crippen molar-refractivity contribution in [3.05, 3.63) is 42.0 Å². The Kier molecular flexibility index (Phi) is 3.97. The Balaban J connectivity index is 1.96. The van der Waals surface area contributed by atoms with Crippen molar-refractivity contribution in [3.8, 4) is 5.75 Å². The van der Waals surface area contributed by atoms with Gasteiger partial charge in [0.2, 0.25) is 11.7 Å². The summed E-state index contributed by atoms with van der Waals surface area (Å²) in [5.74, 6) is 0.958. The van der Waals surface area contributed by atoms with Crippen molar-refractivity contribution in [2.24, 2.45) is 10.9 Å². The van der Waals surface area contributed by atoms with Gasteiger partial charge in [0.05, 0.1) is 7.11 Å². The first kappa shape index (κ1) is 12.9. The predicted octanol–water partition coefficient (Wildman–Crippen LogP) is 0.624. The standard InChI is InChI=1S/C12H15N5O2/c1-19-10-4-2-9(3-5-10)6-7-17-8-14-12(15-17)11(13)16-18/h2-5,8,18H,6-7H2,1H3,(H2,13,16). The van der Waals surface area contributed by atoms with Crippen LogP contribution in [0.25, 0.3) is 0 Å². The predicted molar refractivity (Wildman–Crippen MR) is 69.2 cm³/mol. The van der Waals surface area contributed by atoms with E-state index in [-0.39, 0.29) is 11.7 Å². The summed E-state index contributed by atoms with van der Waals surface area (Å²) in [6.07, 6.45) is 2.36. The highest BCUT2D eigenvalue weighted by Gasteiger charge is 2.05. The van der Waals surface area contributed by atoms with Crippen LogP contribution in [-0.4, -0.2) is 32.9 Å². The second-order valence-electron chi connectivity index (χ2n) is 3.91. The number of nitrogens with zero attached hydrogens (tertiary/aromatic N) is 4. The number of amidine groups is 1. The highest BCUT2D eigenvalue weighted by atomic mass is 16.5. The number of benzene rings is 1.